The number of carbonyl (C=O) groups excluding carboxylic acids is 1. The molecule has 10 atom stereocenters. The fourth-order valence-electron chi connectivity index (χ4n) is 10.2. The molecule has 4 nitrogen and oxygen atoms in total. The molecule has 3 N–H and O–H groups in total. The minimum atomic E-state index is -1.13. The molecule has 0 aromatic rings. The van der Waals surface area contributed by atoms with Crippen LogP contribution >= 0.6 is 0 Å². The maximum absolute atomic E-state index is 12.8. The summed E-state index contributed by atoms with van der Waals surface area (Å²) in [7, 11) is 0. The molecule has 5 rings (SSSR count). The van der Waals surface area contributed by atoms with E-state index in [1.165, 1.54) is 19.3 Å². The number of aliphatic hydroxyl groups is 3. The zero-order valence-corrected chi connectivity index (χ0v) is 22.3. The van der Waals surface area contributed by atoms with Gasteiger partial charge in [-0.05, 0) is 112 Å². The van der Waals surface area contributed by atoms with Crippen LogP contribution in [0.5, 0.6) is 0 Å². The number of hydrogen-bond acceptors (Lipinski definition) is 4. The van der Waals surface area contributed by atoms with Crippen molar-refractivity contribution in [2.24, 2.45) is 51.8 Å². The van der Waals surface area contributed by atoms with E-state index in [9.17, 15) is 20.1 Å². The number of fused-ring (bicyclic) bond motifs is 5. The molecule has 0 amide bonds. The van der Waals surface area contributed by atoms with Crippen LogP contribution in [0.2, 0.25) is 0 Å². The van der Waals surface area contributed by atoms with Crippen LogP contribution in [0.4, 0.5) is 0 Å². The van der Waals surface area contributed by atoms with Crippen molar-refractivity contribution >= 4 is 5.78 Å². The topological polar surface area (TPSA) is 77.8 Å². The molecule has 0 radical (unpaired) electrons. The van der Waals surface area contributed by atoms with Crippen molar-refractivity contribution in [3.05, 3.63) is 11.6 Å². The smallest absolute Gasteiger partial charge is 0.138 e. The Balaban J connectivity index is 1.40. The van der Waals surface area contributed by atoms with E-state index < -0.39 is 11.7 Å². The molecule has 4 saturated carbocycles. The number of carbonyl (C=O) groups is 1. The third-order valence-electron chi connectivity index (χ3n) is 12.1. The number of hydrogen-bond donors (Lipinski definition) is 3. The first-order valence-electron chi connectivity index (χ1n) is 14.0. The first kappa shape index (κ1) is 25.0. The van der Waals surface area contributed by atoms with Gasteiger partial charge in [0.25, 0.3) is 0 Å². The first-order valence-corrected chi connectivity index (χ1v) is 14.0. The van der Waals surface area contributed by atoms with Crippen molar-refractivity contribution in [2.75, 3.05) is 0 Å². The van der Waals surface area contributed by atoms with Crippen molar-refractivity contribution in [2.45, 2.75) is 117 Å². The molecular formula is C30H48O4. The summed E-state index contributed by atoms with van der Waals surface area (Å²) in [4.78, 5) is 12.8. The Bertz CT molecular complexity index is 868. The second-order valence-electron chi connectivity index (χ2n) is 14.5. The third kappa shape index (κ3) is 3.44. The molecule has 4 heteroatoms. The first-order chi connectivity index (χ1) is 15.7. The van der Waals surface area contributed by atoms with Crippen molar-refractivity contribution in [3.63, 3.8) is 0 Å². The number of Topliss-reactive ketones (excluding diaryl/α,β-unsaturated/α-hetero) is 1. The van der Waals surface area contributed by atoms with Crippen molar-refractivity contribution in [1.82, 2.24) is 0 Å². The van der Waals surface area contributed by atoms with Crippen LogP contribution in [0.1, 0.15) is 99.3 Å². The van der Waals surface area contributed by atoms with Crippen molar-refractivity contribution in [3.8, 4) is 0 Å². The maximum Gasteiger partial charge on any atom is 0.138 e. The van der Waals surface area contributed by atoms with Gasteiger partial charge in [-0.1, -0.05) is 39.3 Å². The molecule has 0 heterocycles. The molecular weight excluding hydrogens is 424 g/mol. The van der Waals surface area contributed by atoms with Gasteiger partial charge < -0.3 is 15.3 Å². The summed E-state index contributed by atoms with van der Waals surface area (Å²) in [5.74, 6) is 2.75. The van der Waals surface area contributed by atoms with Crippen LogP contribution in [0.3, 0.4) is 0 Å². The van der Waals surface area contributed by atoms with E-state index in [0.29, 0.717) is 35.9 Å². The lowest BCUT2D eigenvalue weighted by Gasteiger charge is -2.60. The van der Waals surface area contributed by atoms with Crippen molar-refractivity contribution in [1.29, 1.82) is 0 Å². The highest BCUT2D eigenvalue weighted by molar-refractivity contribution is 5.85. The number of allylic oxidation sites excluding steroid dienone is 2. The van der Waals surface area contributed by atoms with Crippen LogP contribution in [0.15, 0.2) is 11.6 Å². The summed E-state index contributed by atoms with van der Waals surface area (Å²) >= 11 is 0. The summed E-state index contributed by atoms with van der Waals surface area (Å²) in [6.07, 6.45) is 10.4. The van der Waals surface area contributed by atoms with E-state index in [0.717, 1.165) is 32.1 Å². The molecule has 5 aliphatic rings. The predicted octanol–water partition coefficient (Wildman–Crippen LogP) is 5.29. The van der Waals surface area contributed by atoms with Gasteiger partial charge in [0.05, 0.1) is 17.8 Å². The van der Waals surface area contributed by atoms with E-state index in [2.05, 4.69) is 33.8 Å². The van der Waals surface area contributed by atoms with Crippen molar-refractivity contribution < 1.29 is 20.1 Å². The Morgan fingerprint density at radius 2 is 1.74 bits per heavy atom. The van der Waals surface area contributed by atoms with Gasteiger partial charge in [-0.2, -0.15) is 0 Å². The second-order valence-corrected chi connectivity index (χ2v) is 14.5. The predicted molar refractivity (Wildman–Crippen MR) is 134 cm³/mol. The lowest BCUT2D eigenvalue weighted by atomic mass is 9.43. The Morgan fingerprint density at radius 3 is 2.41 bits per heavy atom. The molecule has 5 aliphatic carbocycles. The molecule has 192 valence electrons. The minimum absolute atomic E-state index is 0.0289. The van der Waals surface area contributed by atoms with Gasteiger partial charge in [-0.25, -0.2) is 0 Å². The van der Waals surface area contributed by atoms with Gasteiger partial charge in [-0.3, -0.25) is 4.79 Å². The summed E-state index contributed by atoms with van der Waals surface area (Å²) in [5, 5.41) is 32.1. The molecule has 0 spiro atoms. The number of ketones is 1. The minimum Gasteiger partial charge on any atom is -0.393 e. The van der Waals surface area contributed by atoms with Gasteiger partial charge in [-0.15, -0.1) is 0 Å². The molecule has 0 saturated heterocycles. The Morgan fingerprint density at radius 1 is 1.03 bits per heavy atom. The fraction of sp³-hybridized carbons (Fsp3) is 0.900. The molecule has 4 fully saturated rings. The van der Waals surface area contributed by atoms with E-state index in [4.69, 9.17) is 0 Å². The summed E-state index contributed by atoms with van der Waals surface area (Å²) in [6.45, 7) is 12.7. The van der Waals surface area contributed by atoms with E-state index >= 15 is 0 Å². The van der Waals surface area contributed by atoms with Gasteiger partial charge in [0.2, 0.25) is 0 Å². The monoisotopic (exact) mass is 472 g/mol. The lowest BCUT2D eigenvalue weighted by Crippen LogP contribution is -2.55. The normalized spacial score (nSPS) is 49.1. The third-order valence-corrected chi connectivity index (χ3v) is 12.1. The maximum atomic E-state index is 12.8. The van der Waals surface area contributed by atoms with Crippen LogP contribution in [-0.2, 0) is 4.79 Å². The summed E-state index contributed by atoms with van der Waals surface area (Å²) in [5.41, 5.74) is 0.725. The van der Waals surface area contributed by atoms with E-state index in [1.807, 2.05) is 0 Å². The van der Waals surface area contributed by atoms with E-state index in [-0.39, 0.29) is 34.2 Å². The zero-order chi connectivity index (χ0) is 24.8. The second kappa shape index (κ2) is 7.89. The van der Waals surface area contributed by atoms with Gasteiger partial charge >= 0.3 is 0 Å². The lowest BCUT2D eigenvalue weighted by molar-refractivity contribution is -0.144. The Kier molecular flexibility index (Phi) is 5.79. The van der Waals surface area contributed by atoms with Gasteiger partial charge in [0.1, 0.15) is 5.78 Å². The zero-order valence-electron chi connectivity index (χ0n) is 22.3. The largest absolute Gasteiger partial charge is 0.393 e. The van der Waals surface area contributed by atoms with Gasteiger partial charge in [0.15, 0.2) is 0 Å². The average molecular weight is 473 g/mol. The standard InChI is InChI=1S/C30H48O4/c1-27(2)24-10-9-21-22(30(24,6)14-12-25(27)32)8-7-20-18(11-13-29(20,21)5)19-15-17(16-23(19)31)26(33)28(3,4)34/h9,17-20,22-24,26,31,33-34H,7-8,10-16H2,1-6H3. The van der Waals surface area contributed by atoms with Crippen LogP contribution in [-0.4, -0.2) is 38.9 Å². The highest BCUT2D eigenvalue weighted by atomic mass is 16.3. The van der Waals surface area contributed by atoms with E-state index in [1.54, 1.807) is 19.4 Å². The average Bonchev–Trinajstić information content (AvgIpc) is 3.29. The molecule has 0 aromatic carbocycles. The quantitative estimate of drug-likeness (QED) is 0.488. The highest BCUT2D eigenvalue weighted by Crippen LogP contribution is 2.69. The summed E-state index contributed by atoms with van der Waals surface area (Å²) < 4.78 is 0. The van der Waals surface area contributed by atoms with Crippen LogP contribution in [0.25, 0.3) is 0 Å². The molecule has 0 bridgehead atoms. The number of rotatable bonds is 3. The highest BCUT2D eigenvalue weighted by Gasteiger charge is 2.62. The fourth-order valence-corrected chi connectivity index (χ4v) is 10.2. The van der Waals surface area contributed by atoms with Crippen LogP contribution < -0.4 is 0 Å². The molecule has 10 unspecified atom stereocenters. The molecule has 34 heavy (non-hydrogen) atoms. The summed E-state index contributed by atoms with van der Waals surface area (Å²) in [6, 6.07) is 0. The Labute approximate surface area is 206 Å². The number of aliphatic hydroxyl groups excluding tert-OH is 2. The van der Waals surface area contributed by atoms with Crippen LogP contribution in [0, 0.1) is 51.8 Å². The molecule has 0 aromatic heterocycles. The molecule has 0 aliphatic heterocycles. The Hall–Kier alpha value is -0.710. The SMILES string of the molecule is CC(C)(O)C(O)C1CC(O)C(C2CCC3(C)C4=CCC5C(C)(C)C(=O)CCC5(C)C4CCC23)C1. The van der Waals surface area contributed by atoms with Gasteiger partial charge in [0, 0.05) is 11.8 Å².